The third kappa shape index (κ3) is 2.97. The molecule has 0 spiro atoms. The Hall–Kier alpha value is -0.960. The summed E-state index contributed by atoms with van der Waals surface area (Å²) in [6.07, 6.45) is 4.36. The van der Waals surface area contributed by atoms with Crippen LogP contribution >= 0.6 is 0 Å². The minimum atomic E-state index is -0.880. The third-order valence-corrected chi connectivity index (χ3v) is 4.25. The van der Waals surface area contributed by atoms with Crippen LogP contribution in [0.2, 0.25) is 0 Å². The molecule has 106 valence electrons. The van der Waals surface area contributed by atoms with Gasteiger partial charge in [0.25, 0.3) is 0 Å². The molecule has 1 N–H and O–H groups in total. The summed E-state index contributed by atoms with van der Waals surface area (Å²) in [5, 5.41) is 10.6. The summed E-state index contributed by atoms with van der Waals surface area (Å²) in [4.78, 5) is 0. The van der Waals surface area contributed by atoms with Crippen LogP contribution in [0.25, 0.3) is 0 Å². The molecule has 3 heteroatoms. The highest BCUT2D eigenvalue weighted by Crippen LogP contribution is 2.51. The molecule has 0 aliphatic heterocycles. The predicted octanol–water partition coefficient (Wildman–Crippen LogP) is 4.60. The van der Waals surface area contributed by atoms with Gasteiger partial charge in [-0.3, -0.25) is 0 Å². The Kier molecular flexibility index (Phi) is 4.24. The second-order valence-corrected chi connectivity index (χ2v) is 6.24. The van der Waals surface area contributed by atoms with Crippen LogP contribution in [0.1, 0.15) is 57.6 Å². The first kappa shape index (κ1) is 14.4. The topological polar surface area (TPSA) is 20.2 Å². The molecule has 1 saturated carbocycles. The van der Waals surface area contributed by atoms with Crippen molar-refractivity contribution in [2.24, 2.45) is 11.3 Å². The average Bonchev–Trinajstić information content (AvgIpc) is 2.80. The molecule has 1 aliphatic rings. The molecule has 1 atom stereocenters. The normalized spacial score (nSPS) is 19.9. The SMILES string of the molecule is CC(C)CC1(C(O)c2ccc(F)c(F)c2)CCCC1. The van der Waals surface area contributed by atoms with Crippen molar-refractivity contribution in [2.45, 2.75) is 52.1 Å². The Balaban J connectivity index is 2.28. The summed E-state index contributed by atoms with van der Waals surface area (Å²) < 4.78 is 26.3. The Bertz CT molecular complexity index is 436. The summed E-state index contributed by atoms with van der Waals surface area (Å²) in [6.45, 7) is 4.27. The van der Waals surface area contributed by atoms with E-state index in [1.807, 2.05) is 0 Å². The predicted molar refractivity (Wildman–Crippen MR) is 71.7 cm³/mol. The van der Waals surface area contributed by atoms with Gasteiger partial charge in [0, 0.05) is 5.41 Å². The summed E-state index contributed by atoms with van der Waals surface area (Å²) in [7, 11) is 0. The summed E-state index contributed by atoms with van der Waals surface area (Å²) in [6, 6.07) is 3.75. The highest BCUT2D eigenvalue weighted by molar-refractivity contribution is 5.22. The molecular formula is C16H22F2O. The van der Waals surface area contributed by atoms with E-state index in [0.717, 1.165) is 44.2 Å². The number of benzene rings is 1. The van der Waals surface area contributed by atoms with Gasteiger partial charge in [-0.25, -0.2) is 8.78 Å². The van der Waals surface area contributed by atoms with Crippen LogP contribution in [0.5, 0.6) is 0 Å². The number of rotatable bonds is 4. The van der Waals surface area contributed by atoms with E-state index in [0.29, 0.717) is 11.5 Å². The van der Waals surface area contributed by atoms with Crippen molar-refractivity contribution in [3.8, 4) is 0 Å². The van der Waals surface area contributed by atoms with Gasteiger partial charge in [-0.15, -0.1) is 0 Å². The smallest absolute Gasteiger partial charge is 0.159 e. The van der Waals surface area contributed by atoms with Crippen molar-refractivity contribution < 1.29 is 13.9 Å². The van der Waals surface area contributed by atoms with Crippen molar-refractivity contribution in [3.63, 3.8) is 0 Å². The van der Waals surface area contributed by atoms with Crippen molar-refractivity contribution in [1.29, 1.82) is 0 Å². The second-order valence-electron chi connectivity index (χ2n) is 6.24. The van der Waals surface area contributed by atoms with E-state index >= 15 is 0 Å². The lowest BCUT2D eigenvalue weighted by Gasteiger charge is -2.36. The molecule has 0 amide bonds. The van der Waals surface area contributed by atoms with Gasteiger partial charge < -0.3 is 5.11 Å². The monoisotopic (exact) mass is 268 g/mol. The standard InChI is InChI=1S/C16H22F2O/c1-11(2)10-16(7-3-4-8-16)15(19)12-5-6-13(17)14(18)9-12/h5-6,9,11,15,19H,3-4,7-8,10H2,1-2H3. The zero-order valence-corrected chi connectivity index (χ0v) is 11.6. The molecule has 0 saturated heterocycles. The number of halogens is 2. The van der Waals surface area contributed by atoms with Crippen molar-refractivity contribution in [1.82, 2.24) is 0 Å². The van der Waals surface area contributed by atoms with Gasteiger partial charge in [-0.05, 0) is 42.9 Å². The number of hydrogen-bond acceptors (Lipinski definition) is 1. The van der Waals surface area contributed by atoms with Gasteiger partial charge in [-0.2, -0.15) is 0 Å². The minimum absolute atomic E-state index is 0.168. The first-order valence-electron chi connectivity index (χ1n) is 7.08. The van der Waals surface area contributed by atoms with E-state index in [-0.39, 0.29) is 5.41 Å². The molecule has 1 aromatic carbocycles. The van der Waals surface area contributed by atoms with E-state index in [1.54, 1.807) is 0 Å². The largest absolute Gasteiger partial charge is 0.388 e. The lowest BCUT2D eigenvalue weighted by atomic mass is 9.72. The zero-order chi connectivity index (χ0) is 14.0. The van der Waals surface area contributed by atoms with E-state index in [2.05, 4.69) is 13.8 Å². The van der Waals surface area contributed by atoms with Crippen LogP contribution in [0.4, 0.5) is 8.78 Å². The number of aliphatic hydroxyl groups excluding tert-OH is 1. The second kappa shape index (κ2) is 5.58. The molecule has 1 aromatic rings. The molecule has 0 aromatic heterocycles. The Morgan fingerprint density at radius 2 is 1.79 bits per heavy atom. The third-order valence-electron chi connectivity index (χ3n) is 4.25. The molecule has 1 aliphatic carbocycles. The molecule has 0 heterocycles. The molecule has 0 bridgehead atoms. The molecule has 1 nitrogen and oxygen atoms in total. The van der Waals surface area contributed by atoms with E-state index in [1.165, 1.54) is 6.07 Å². The number of hydrogen-bond donors (Lipinski definition) is 1. The highest BCUT2D eigenvalue weighted by Gasteiger charge is 2.41. The molecule has 1 fully saturated rings. The molecule has 1 unspecified atom stereocenters. The lowest BCUT2D eigenvalue weighted by Crippen LogP contribution is -2.28. The summed E-state index contributed by atoms with van der Waals surface area (Å²) >= 11 is 0. The van der Waals surface area contributed by atoms with E-state index in [4.69, 9.17) is 0 Å². The van der Waals surface area contributed by atoms with Crippen molar-refractivity contribution in [3.05, 3.63) is 35.4 Å². The fourth-order valence-corrected chi connectivity index (χ4v) is 3.52. The van der Waals surface area contributed by atoms with Crippen LogP contribution in [-0.2, 0) is 0 Å². The quantitative estimate of drug-likeness (QED) is 0.845. The van der Waals surface area contributed by atoms with Gasteiger partial charge in [0.15, 0.2) is 11.6 Å². The van der Waals surface area contributed by atoms with E-state index < -0.39 is 17.7 Å². The van der Waals surface area contributed by atoms with Crippen LogP contribution in [0, 0.1) is 23.0 Å². The maximum atomic E-state index is 13.3. The molecule has 2 rings (SSSR count). The molecule has 19 heavy (non-hydrogen) atoms. The molecule has 0 radical (unpaired) electrons. The van der Waals surface area contributed by atoms with Crippen LogP contribution in [0.15, 0.2) is 18.2 Å². The van der Waals surface area contributed by atoms with Gasteiger partial charge in [0.2, 0.25) is 0 Å². The Labute approximate surface area is 113 Å². The molecular weight excluding hydrogens is 246 g/mol. The Morgan fingerprint density at radius 3 is 2.32 bits per heavy atom. The van der Waals surface area contributed by atoms with Crippen LogP contribution in [0.3, 0.4) is 0 Å². The van der Waals surface area contributed by atoms with Gasteiger partial charge in [0.1, 0.15) is 0 Å². The van der Waals surface area contributed by atoms with Gasteiger partial charge in [-0.1, -0.05) is 32.8 Å². The van der Waals surface area contributed by atoms with E-state index in [9.17, 15) is 13.9 Å². The maximum absolute atomic E-state index is 13.3. The number of aliphatic hydroxyl groups is 1. The first-order valence-corrected chi connectivity index (χ1v) is 7.08. The maximum Gasteiger partial charge on any atom is 0.159 e. The summed E-state index contributed by atoms with van der Waals surface area (Å²) in [5.74, 6) is -1.26. The highest BCUT2D eigenvalue weighted by atomic mass is 19.2. The Morgan fingerprint density at radius 1 is 1.16 bits per heavy atom. The van der Waals surface area contributed by atoms with Crippen LogP contribution < -0.4 is 0 Å². The zero-order valence-electron chi connectivity index (χ0n) is 11.6. The van der Waals surface area contributed by atoms with Gasteiger partial charge in [0.05, 0.1) is 6.10 Å². The fourth-order valence-electron chi connectivity index (χ4n) is 3.52. The lowest BCUT2D eigenvalue weighted by molar-refractivity contribution is 0.0109. The fraction of sp³-hybridized carbons (Fsp3) is 0.625. The van der Waals surface area contributed by atoms with Crippen LogP contribution in [-0.4, -0.2) is 5.11 Å². The minimum Gasteiger partial charge on any atom is -0.388 e. The summed E-state index contributed by atoms with van der Waals surface area (Å²) in [5.41, 5.74) is 0.333. The van der Waals surface area contributed by atoms with Gasteiger partial charge >= 0.3 is 0 Å². The average molecular weight is 268 g/mol. The van der Waals surface area contributed by atoms with Crippen molar-refractivity contribution >= 4 is 0 Å². The van der Waals surface area contributed by atoms with Crippen molar-refractivity contribution in [2.75, 3.05) is 0 Å². The first-order chi connectivity index (χ1) is 8.94.